The number of non-ortho nitro benzene ring substituents is 1. The lowest BCUT2D eigenvalue weighted by Gasteiger charge is -2.44. The maximum absolute atomic E-state index is 11.1. The molecule has 0 radical (unpaired) electrons. The van der Waals surface area contributed by atoms with Gasteiger partial charge in [-0.2, -0.15) is 0 Å². The Labute approximate surface area is 133 Å². The number of anilines is 1. The van der Waals surface area contributed by atoms with Crippen LogP contribution < -0.4 is 5.32 Å². The Bertz CT molecular complexity index is 563. The highest BCUT2D eigenvalue weighted by molar-refractivity contribution is 5.61. The Morgan fingerprint density at radius 1 is 1.41 bits per heavy atom. The highest BCUT2D eigenvalue weighted by atomic mass is 16.6. The highest BCUT2D eigenvalue weighted by Crippen LogP contribution is 2.47. The topological polar surface area (TPSA) is 55.2 Å². The minimum absolute atomic E-state index is 0.0231. The van der Waals surface area contributed by atoms with E-state index >= 15 is 0 Å². The fourth-order valence-electron chi connectivity index (χ4n) is 4.06. The Kier molecular flexibility index (Phi) is 4.50. The van der Waals surface area contributed by atoms with Gasteiger partial charge in [0.25, 0.3) is 5.69 Å². The van der Waals surface area contributed by atoms with Crippen LogP contribution in [-0.2, 0) is 5.41 Å². The largest absolute Gasteiger partial charge is 0.382 e. The van der Waals surface area contributed by atoms with Crippen molar-refractivity contribution in [3.8, 4) is 0 Å². The summed E-state index contributed by atoms with van der Waals surface area (Å²) in [5, 5.41) is 14.7. The van der Waals surface area contributed by atoms with Gasteiger partial charge in [-0.1, -0.05) is 41.0 Å². The molecule has 0 saturated heterocycles. The second-order valence-corrected chi connectivity index (χ2v) is 8.12. The van der Waals surface area contributed by atoms with E-state index in [2.05, 4.69) is 39.9 Å². The third-order valence-electron chi connectivity index (χ3n) is 4.48. The quantitative estimate of drug-likeness (QED) is 0.608. The van der Waals surface area contributed by atoms with Gasteiger partial charge >= 0.3 is 0 Å². The van der Waals surface area contributed by atoms with Crippen LogP contribution in [0.3, 0.4) is 0 Å². The molecule has 4 heteroatoms. The number of nitro benzene ring substituents is 1. The molecule has 1 heterocycles. The van der Waals surface area contributed by atoms with E-state index in [0.717, 1.165) is 36.9 Å². The van der Waals surface area contributed by atoms with Crippen molar-refractivity contribution in [2.24, 2.45) is 5.41 Å². The Morgan fingerprint density at radius 3 is 2.64 bits per heavy atom. The van der Waals surface area contributed by atoms with Crippen LogP contribution in [0.5, 0.6) is 0 Å². The first-order valence-electron chi connectivity index (χ1n) is 8.20. The summed E-state index contributed by atoms with van der Waals surface area (Å²) in [7, 11) is 0. The van der Waals surface area contributed by atoms with Crippen molar-refractivity contribution in [3.63, 3.8) is 0 Å². The van der Waals surface area contributed by atoms with Gasteiger partial charge in [0.15, 0.2) is 0 Å². The number of nitrogens with one attached hydrogen (secondary N) is 1. The summed E-state index contributed by atoms with van der Waals surface area (Å²) in [6.07, 6.45) is 4.34. The van der Waals surface area contributed by atoms with Gasteiger partial charge in [-0.05, 0) is 41.7 Å². The minimum atomic E-state index is -0.296. The number of hydrogen-bond donors (Lipinski definition) is 1. The molecule has 1 aliphatic heterocycles. The van der Waals surface area contributed by atoms with Crippen LogP contribution in [0.4, 0.5) is 11.4 Å². The van der Waals surface area contributed by atoms with E-state index in [1.807, 2.05) is 6.07 Å². The van der Waals surface area contributed by atoms with Crippen LogP contribution in [0, 0.1) is 15.5 Å². The van der Waals surface area contributed by atoms with Gasteiger partial charge < -0.3 is 5.32 Å². The van der Waals surface area contributed by atoms with E-state index < -0.39 is 0 Å². The zero-order valence-electron chi connectivity index (χ0n) is 14.4. The van der Waals surface area contributed by atoms with Crippen LogP contribution >= 0.6 is 0 Å². The maximum atomic E-state index is 11.1. The molecule has 0 saturated carbocycles. The Hall–Kier alpha value is -1.58. The van der Waals surface area contributed by atoms with Gasteiger partial charge in [-0.15, -0.1) is 0 Å². The second kappa shape index (κ2) is 5.90. The summed E-state index contributed by atoms with van der Waals surface area (Å²) in [5.41, 5.74) is 2.52. The zero-order chi connectivity index (χ0) is 16.5. The molecule has 4 nitrogen and oxygen atoms in total. The number of rotatable bonds is 4. The average molecular weight is 304 g/mol. The Morgan fingerprint density at radius 2 is 2.09 bits per heavy atom. The number of fused-ring (bicyclic) bond motifs is 1. The fraction of sp³-hybridized carbons (Fsp3) is 0.667. The molecule has 0 bridgehead atoms. The molecule has 2 atom stereocenters. The second-order valence-electron chi connectivity index (χ2n) is 8.12. The standard InChI is InChI=1S/C18H28N2O2/c1-6-7-13-11-18(5,12-17(2,3)4)15-10-14(20(21)22)8-9-16(15)19-13/h8-10,13,19H,6-7,11-12H2,1-5H3. The highest BCUT2D eigenvalue weighted by Gasteiger charge is 2.39. The van der Waals surface area contributed by atoms with Crippen molar-refractivity contribution in [2.45, 2.75) is 71.8 Å². The predicted molar refractivity (Wildman–Crippen MR) is 91.5 cm³/mol. The van der Waals surface area contributed by atoms with E-state index in [1.165, 1.54) is 0 Å². The van der Waals surface area contributed by atoms with Crippen molar-refractivity contribution in [1.82, 2.24) is 0 Å². The normalized spacial score (nSPS) is 24.5. The molecule has 1 aromatic carbocycles. The third-order valence-corrected chi connectivity index (χ3v) is 4.48. The van der Waals surface area contributed by atoms with Gasteiger partial charge in [0.1, 0.15) is 0 Å². The van der Waals surface area contributed by atoms with Crippen LogP contribution in [0.15, 0.2) is 18.2 Å². The summed E-state index contributed by atoms with van der Waals surface area (Å²) in [6.45, 7) is 11.2. The van der Waals surface area contributed by atoms with Crippen LogP contribution in [0.1, 0.15) is 65.9 Å². The van der Waals surface area contributed by atoms with E-state index in [0.29, 0.717) is 6.04 Å². The SMILES string of the molecule is CCCC1CC(C)(CC(C)(C)C)c2cc([N+](=O)[O-])ccc2N1. The number of nitrogens with zero attached hydrogens (tertiary/aromatic N) is 1. The lowest BCUT2D eigenvalue weighted by Crippen LogP contribution is -2.40. The van der Waals surface area contributed by atoms with Crippen molar-refractivity contribution in [3.05, 3.63) is 33.9 Å². The van der Waals surface area contributed by atoms with Crippen molar-refractivity contribution in [1.29, 1.82) is 0 Å². The monoisotopic (exact) mass is 304 g/mol. The zero-order valence-corrected chi connectivity index (χ0v) is 14.4. The molecule has 0 fully saturated rings. The predicted octanol–water partition coefficient (Wildman–Crippen LogP) is 5.27. The maximum Gasteiger partial charge on any atom is 0.269 e. The average Bonchev–Trinajstić information content (AvgIpc) is 2.36. The third kappa shape index (κ3) is 3.60. The molecule has 2 rings (SSSR count). The van der Waals surface area contributed by atoms with Gasteiger partial charge in [0.2, 0.25) is 0 Å². The van der Waals surface area contributed by atoms with Crippen molar-refractivity contribution >= 4 is 11.4 Å². The molecule has 0 spiro atoms. The first-order chi connectivity index (χ1) is 10.1. The van der Waals surface area contributed by atoms with Gasteiger partial charge in [0.05, 0.1) is 4.92 Å². The fourth-order valence-corrected chi connectivity index (χ4v) is 4.06. The molecule has 22 heavy (non-hydrogen) atoms. The van der Waals surface area contributed by atoms with Crippen LogP contribution in [0.25, 0.3) is 0 Å². The van der Waals surface area contributed by atoms with E-state index in [1.54, 1.807) is 12.1 Å². The van der Waals surface area contributed by atoms with Crippen molar-refractivity contribution in [2.75, 3.05) is 5.32 Å². The minimum Gasteiger partial charge on any atom is -0.382 e. The van der Waals surface area contributed by atoms with Gasteiger partial charge in [-0.25, -0.2) is 0 Å². The van der Waals surface area contributed by atoms with Gasteiger partial charge in [0, 0.05) is 23.9 Å². The number of hydrogen-bond acceptors (Lipinski definition) is 3. The lowest BCUT2D eigenvalue weighted by atomic mass is 9.65. The number of nitro groups is 1. The molecule has 0 amide bonds. The van der Waals surface area contributed by atoms with Crippen molar-refractivity contribution < 1.29 is 4.92 Å². The molecule has 0 aliphatic carbocycles. The molecule has 0 aromatic heterocycles. The number of benzene rings is 1. The summed E-state index contributed by atoms with van der Waals surface area (Å²) in [4.78, 5) is 10.8. The van der Waals surface area contributed by atoms with Crippen LogP contribution in [-0.4, -0.2) is 11.0 Å². The summed E-state index contributed by atoms with van der Waals surface area (Å²) < 4.78 is 0. The molecular formula is C18H28N2O2. The summed E-state index contributed by atoms with van der Waals surface area (Å²) >= 11 is 0. The molecule has 1 aliphatic rings. The first kappa shape index (κ1) is 16.8. The summed E-state index contributed by atoms with van der Waals surface area (Å²) in [6, 6.07) is 5.72. The first-order valence-corrected chi connectivity index (χ1v) is 8.20. The van der Waals surface area contributed by atoms with E-state index in [4.69, 9.17) is 0 Å². The van der Waals surface area contributed by atoms with Gasteiger partial charge in [-0.3, -0.25) is 10.1 Å². The molecule has 2 unspecified atom stereocenters. The van der Waals surface area contributed by atoms with Crippen LogP contribution in [0.2, 0.25) is 0 Å². The molecular weight excluding hydrogens is 276 g/mol. The van der Waals surface area contributed by atoms with E-state index in [9.17, 15) is 10.1 Å². The summed E-state index contributed by atoms with van der Waals surface area (Å²) in [5.74, 6) is 0. The molecule has 1 N–H and O–H groups in total. The smallest absolute Gasteiger partial charge is 0.269 e. The van der Waals surface area contributed by atoms with E-state index in [-0.39, 0.29) is 21.4 Å². The Balaban J connectivity index is 2.47. The molecule has 1 aromatic rings. The lowest BCUT2D eigenvalue weighted by molar-refractivity contribution is -0.385. The molecule has 122 valence electrons.